The molecule has 0 aliphatic heterocycles. The Labute approximate surface area is 265 Å². The smallest absolute Gasteiger partial charge is 0.326 e. The molecule has 1 aliphatic carbocycles. The maximum absolute atomic E-state index is 13.8. The van der Waals surface area contributed by atoms with Crippen LogP contribution in [-0.2, 0) is 9.53 Å². The second-order valence-electron chi connectivity index (χ2n) is 13.0. The Morgan fingerprint density at radius 1 is 0.911 bits per heavy atom. The van der Waals surface area contributed by atoms with E-state index in [0.717, 1.165) is 40.3 Å². The maximum atomic E-state index is 13.8. The van der Waals surface area contributed by atoms with Gasteiger partial charge in [0.05, 0.1) is 11.3 Å². The number of nitrogens with one attached hydrogen (secondary N) is 4. The van der Waals surface area contributed by atoms with Crippen LogP contribution in [-0.4, -0.2) is 40.7 Å². The number of rotatable bonds is 9. The molecule has 1 fully saturated rings. The van der Waals surface area contributed by atoms with Crippen LogP contribution < -0.4 is 21.3 Å². The zero-order chi connectivity index (χ0) is 32.9. The number of amides is 3. The molecule has 4 rings (SSSR count). The van der Waals surface area contributed by atoms with Gasteiger partial charge in [0.25, 0.3) is 5.91 Å². The Morgan fingerprint density at radius 3 is 2.07 bits per heavy atom. The minimum absolute atomic E-state index is 0.149. The summed E-state index contributed by atoms with van der Waals surface area (Å²) in [6.45, 7) is 13.7. The van der Waals surface area contributed by atoms with Gasteiger partial charge in [-0.3, -0.25) is 4.79 Å². The summed E-state index contributed by atoms with van der Waals surface area (Å²) in [6.07, 6.45) is 4.64. The normalized spacial score (nSPS) is 17.7. The monoisotopic (exact) mass is 614 g/mol. The molecule has 45 heavy (non-hydrogen) atoms. The number of carbonyl (C=O) groups is 3. The zero-order valence-corrected chi connectivity index (χ0v) is 27.3. The fraction of sp³-hybridized carbons (Fsp3) is 0.417. The number of allylic oxidation sites excluding steroid dienone is 1. The number of benzene rings is 3. The molecule has 0 radical (unpaired) electrons. The van der Waals surface area contributed by atoms with Gasteiger partial charge in [-0.1, -0.05) is 42.0 Å². The van der Waals surface area contributed by atoms with Crippen LogP contribution in [0.1, 0.15) is 80.4 Å². The number of anilines is 2. The van der Waals surface area contributed by atoms with Crippen molar-refractivity contribution in [1.82, 2.24) is 10.6 Å². The van der Waals surface area contributed by atoms with E-state index in [4.69, 9.17) is 4.74 Å². The van der Waals surface area contributed by atoms with Crippen molar-refractivity contribution in [1.29, 1.82) is 0 Å². The van der Waals surface area contributed by atoms with Crippen molar-refractivity contribution < 1.29 is 24.2 Å². The molecule has 0 aromatic heterocycles. The molecular formula is C36H46N4O5. The molecule has 1 saturated carbocycles. The summed E-state index contributed by atoms with van der Waals surface area (Å²) in [4.78, 5) is 39.4. The molecule has 240 valence electrons. The number of aliphatic carboxylic acids is 1. The molecule has 1 unspecified atom stereocenters. The van der Waals surface area contributed by atoms with Crippen LogP contribution in [0.25, 0.3) is 10.8 Å². The molecule has 3 aromatic carbocycles. The quantitative estimate of drug-likeness (QED) is 0.160. The van der Waals surface area contributed by atoms with Crippen LogP contribution in [0.4, 0.5) is 16.2 Å². The Hall–Kier alpha value is -4.53. The number of hydrogen-bond acceptors (Lipinski definition) is 5. The Kier molecular flexibility index (Phi) is 10.4. The number of carboxylic acids is 1. The second-order valence-corrected chi connectivity index (χ2v) is 13.0. The van der Waals surface area contributed by atoms with Crippen molar-refractivity contribution in [3.63, 3.8) is 0 Å². The molecule has 9 heteroatoms. The Bertz CT molecular complexity index is 1580. The predicted octanol–water partition coefficient (Wildman–Crippen LogP) is 7.42. The standard InChI is InChI=1S/C36H46N4O5/c1-8-30(45-36(5,6)7)37-27-15-13-24(14-16-27)32(34(42)43)39-33(41)28-19-25-11-9-10-12-26(25)20-29(28)38-35(44)40-31-22(3)17-21(2)18-23(31)4/h8-12,17-20,24,27,32,37H,13-16H2,1-7H3,(H,39,41)(H,42,43)(H2,38,40,44)/b30-8-. The van der Waals surface area contributed by atoms with Gasteiger partial charge in [0.2, 0.25) is 0 Å². The van der Waals surface area contributed by atoms with Gasteiger partial charge in [0.1, 0.15) is 11.6 Å². The van der Waals surface area contributed by atoms with Gasteiger partial charge in [-0.15, -0.1) is 0 Å². The second kappa shape index (κ2) is 14.1. The van der Waals surface area contributed by atoms with Gasteiger partial charge in [0, 0.05) is 11.7 Å². The van der Waals surface area contributed by atoms with E-state index in [2.05, 4.69) is 21.3 Å². The summed E-state index contributed by atoms with van der Waals surface area (Å²) >= 11 is 0. The minimum atomic E-state index is -1.08. The van der Waals surface area contributed by atoms with Crippen molar-refractivity contribution in [2.24, 2.45) is 5.92 Å². The molecule has 3 amide bonds. The Balaban J connectivity index is 1.50. The lowest BCUT2D eigenvalue weighted by Gasteiger charge is -2.34. The maximum Gasteiger partial charge on any atom is 0.326 e. The number of urea groups is 1. The van der Waals surface area contributed by atoms with Crippen molar-refractivity contribution in [3.05, 3.63) is 82.7 Å². The lowest BCUT2D eigenvalue weighted by atomic mass is 9.81. The van der Waals surface area contributed by atoms with Crippen LogP contribution in [0.2, 0.25) is 0 Å². The molecule has 3 aromatic rings. The number of carboxylic acid groups (broad SMARTS) is 1. The average molecular weight is 615 g/mol. The first-order valence-corrected chi connectivity index (χ1v) is 15.6. The molecule has 1 atom stereocenters. The van der Waals surface area contributed by atoms with E-state index in [0.29, 0.717) is 30.1 Å². The van der Waals surface area contributed by atoms with Crippen LogP contribution in [0.15, 0.2) is 60.5 Å². The highest BCUT2D eigenvalue weighted by Crippen LogP contribution is 2.30. The highest BCUT2D eigenvalue weighted by molar-refractivity contribution is 6.10. The summed E-state index contributed by atoms with van der Waals surface area (Å²) in [6, 6.07) is 13.5. The highest BCUT2D eigenvalue weighted by Gasteiger charge is 2.34. The number of fused-ring (bicyclic) bond motifs is 1. The zero-order valence-electron chi connectivity index (χ0n) is 27.3. The summed E-state index contributed by atoms with van der Waals surface area (Å²) in [7, 11) is 0. The van der Waals surface area contributed by atoms with Gasteiger partial charge in [-0.2, -0.15) is 0 Å². The third-order valence-corrected chi connectivity index (χ3v) is 8.11. The van der Waals surface area contributed by atoms with Gasteiger partial charge in [-0.25, -0.2) is 9.59 Å². The Morgan fingerprint density at radius 2 is 1.51 bits per heavy atom. The van der Waals surface area contributed by atoms with Crippen molar-refractivity contribution in [2.75, 3.05) is 10.6 Å². The molecular weight excluding hydrogens is 568 g/mol. The molecule has 5 N–H and O–H groups in total. The number of hydrogen-bond donors (Lipinski definition) is 5. The van der Waals surface area contributed by atoms with Crippen molar-refractivity contribution in [3.8, 4) is 0 Å². The van der Waals surface area contributed by atoms with E-state index in [-0.39, 0.29) is 23.1 Å². The minimum Gasteiger partial charge on any atom is -0.480 e. The summed E-state index contributed by atoms with van der Waals surface area (Å²) < 4.78 is 5.99. The number of ether oxygens (including phenoxy) is 1. The van der Waals surface area contributed by atoms with Crippen molar-refractivity contribution >= 4 is 40.1 Å². The SMILES string of the molecule is C/C=C(/NC1CCC(C(NC(=O)c2cc3ccccc3cc2NC(=O)Nc2c(C)cc(C)cc2C)C(=O)O)CC1)OC(C)(C)C. The molecule has 0 heterocycles. The first kappa shape index (κ1) is 33.4. The lowest BCUT2D eigenvalue weighted by Crippen LogP contribution is -2.48. The van der Waals surface area contributed by atoms with E-state index in [9.17, 15) is 19.5 Å². The van der Waals surface area contributed by atoms with Gasteiger partial charge >= 0.3 is 12.0 Å². The van der Waals surface area contributed by atoms with E-state index in [1.807, 2.05) is 90.9 Å². The number of carbonyl (C=O) groups excluding carboxylic acids is 2. The van der Waals surface area contributed by atoms with E-state index < -0.39 is 23.9 Å². The molecule has 0 saturated heterocycles. The highest BCUT2D eigenvalue weighted by atomic mass is 16.5. The average Bonchev–Trinajstić information content (AvgIpc) is 2.96. The third kappa shape index (κ3) is 8.77. The molecule has 9 nitrogen and oxygen atoms in total. The lowest BCUT2D eigenvalue weighted by molar-refractivity contribution is -0.141. The fourth-order valence-corrected chi connectivity index (χ4v) is 6.08. The van der Waals surface area contributed by atoms with E-state index in [1.54, 1.807) is 12.1 Å². The van der Waals surface area contributed by atoms with Gasteiger partial charge < -0.3 is 31.1 Å². The largest absolute Gasteiger partial charge is 0.480 e. The van der Waals surface area contributed by atoms with Crippen LogP contribution in [0.3, 0.4) is 0 Å². The summed E-state index contributed by atoms with van der Waals surface area (Å²) in [5, 5.41) is 23.8. The third-order valence-electron chi connectivity index (χ3n) is 8.11. The number of aryl methyl sites for hydroxylation is 3. The topological polar surface area (TPSA) is 129 Å². The molecule has 0 spiro atoms. The molecule has 0 bridgehead atoms. The summed E-state index contributed by atoms with van der Waals surface area (Å²) in [5.41, 5.74) is 3.81. The van der Waals surface area contributed by atoms with Crippen LogP contribution in [0, 0.1) is 26.7 Å². The van der Waals surface area contributed by atoms with Crippen molar-refractivity contribution in [2.45, 2.75) is 91.8 Å². The van der Waals surface area contributed by atoms with E-state index >= 15 is 0 Å². The van der Waals surface area contributed by atoms with E-state index in [1.165, 1.54) is 0 Å². The van der Waals surface area contributed by atoms with Gasteiger partial charge in [0.15, 0.2) is 5.88 Å². The fourth-order valence-electron chi connectivity index (χ4n) is 6.08. The predicted molar refractivity (Wildman–Crippen MR) is 180 cm³/mol. The summed E-state index contributed by atoms with van der Waals surface area (Å²) in [5.74, 6) is -1.17. The van der Waals surface area contributed by atoms with Gasteiger partial charge in [-0.05, 0) is 120 Å². The molecule has 1 aliphatic rings. The van der Waals surface area contributed by atoms with Crippen LogP contribution in [0.5, 0.6) is 0 Å². The van der Waals surface area contributed by atoms with Crippen LogP contribution >= 0.6 is 0 Å². The first-order chi connectivity index (χ1) is 21.2. The first-order valence-electron chi connectivity index (χ1n) is 15.6.